The maximum atomic E-state index is 13.4. The standard InChI is InChI=1S/C29H41Cl2N5O3/c1-6-26(39-5)28(32)20-7-10-22(11-8-20)35-13-15-36(16-14-35)27(37)18-25(33-29(38)19(2)34(3)4)23-12-9-21(30)17-24(23)31/h7-12,17,19,25-26,28H,6,13-16,18,32H2,1-5H3,(H,33,38). The maximum Gasteiger partial charge on any atom is 0.237 e. The lowest BCUT2D eigenvalue weighted by Crippen LogP contribution is -2.50. The minimum absolute atomic E-state index is 0.0205. The van der Waals surface area contributed by atoms with Gasteiger partial charge in [-0.25, -0.2) is 0 Å². The molecule has 39 heavy (non-hydrogen) atoms. The normalized spacial score (nSPS) is 17.1. The highest BCUT2D eigenvalue weighted by Crippen LogP contribution is 2.29. The van der Waals surface area contributed by atoms with E-state index in [-0.39, 0.29) is 36.4 Å². The summed E-state index contributed by atoms with van der Waals surface area (Å²) in [6.45, 7) is 6.48. The van der Waals surface area contributed by atoms with Crippen molar-refractivity contribution in [1.29, 1.82) is 0 Å². The number of anilines is 1. The number of hydrogen-bond acceptors (Lipinski definition) is 6. The van der Waals surface area contributed by atoms with Gasteiger partial charge in [0.2, 0.25) is 11.8 Å². The van der Waals surface area contributed by atoms with E-state index in [1.54, 1.807) is 25.3 Å². The minimum Gasteiger partial charge on any atom is -0.379 e. The Morgan fingerprint density at radius 2 is 1.72 bits per heavy atom. The molecule has 4 unspecified atom stereocenters. The summed E-state index contributed by atoms with van der Waals surface area (Å²) in [7, 11) is 5.36. The van der Waals surface area contributed by atoms with Crippen molar-refractivity contribution in [3.63, 3.8) is 0 Å². The average molecular weight is 579 g/mol. The van der Waals surface area contributed by atoms with Crippen molar-refractivity contribution in [2.75, 3.05) is 52.3 Å². The van der Waals surface area contributed by atoms with Crippen LogP contribution in [0.15, 0.2) is 42.5 Å². The first-order valence-corrected chi connectivity index (χ1v) is 14.1. The molecule has 3 rings (SSSR count). The van der Waals surface area contributed by atoms with Crippen molar-refractivity contribution < 1.29 is 14.3 Å². The molecule has 8 nitrogen and oxygen atoms in total. The number of nitrogens with two attached hydrogens (primary N) is 1. The number of nitrogens with one attached hydrogen (secondary N) is 1. The molecule has 2 aromatic carbocycles. The molecule has 2 amide bonds. The Morgan fingerprint density at radius 3 is 2.26 bits per heavy atom. The van der Waals surface area contributed by atoms with E-state index >= 15 is 0 Å². The van der Waals surface area contributed by atoms with Crippen LogP contribution in [0.25, 0.3) is 0 Å². The monoisotopic (exact) mass is 577 g/mol. The van der Waals surface area contributed by atoms with Crippen LogP contribution in [0, 0.1) is 0 Å². The molecule has 2 aromatic rings. The number of methoxy groups -OCH3 is 1. The predicted octanol–water partition coefficient (Wildman–Crippen LogP) is 4.26. The minimum atomic E-state index is -0.564. The molecule has 1 aliphatic heterocycles. The Kier molecular flexibility index (Phi) is 11.4. The van der Waals surface area contributed by atoms with Crippen LogP contribution >= 0.6 is 23.2 Å². The van der Waals surface area contributed by atoms with E-state index in [9.17, 15) is 9.59 Å². The second-order valence-electron chi connectivity index (χ2n) is 10.2. The second-order valence-corrected chi connectivity index (χ2v) is 11.1. The van der Waals surface area contributed by atoms with Crippen LogP contribution in [0.5, 0.6) is 0 Å². The van der Waals surface area contributed by atoms with Gasteiger partial charge in [-0.2, -0.15) is 0 Å². The largest absolute Gasteiger partial charge is 0.379 e. The number of rotatable bonds is 11. The van der Waals surface area contributed by atoms with Crippen molar-refractivity contribution in [2.45, 2.75) is 50.9 Å². The second kappa shape index (κ2) is 14.3. The van der Waals surface area contributed by atoms with Gasteiger partial charge in [-0.3, -0.25) is 14.5 Å². The van der Waals surface area contributed by atoms with Crippen LogP contribution in [-0.2, 0) is 14.3 Å². The van der Waals surface area contributed by atoms with Gasteiger partial charge in [0.1, 0.15) is 0 Å². The van der Waals surface area contributed by atoms with Gasteiger partial charge in [0.05, 0.1) is 30.7 Å². The molecule has 1 fully saturated rings. The Bertz CT molecular complexity index is 1100. The van der Waals surface area contributed by atoms with Gasteiger partial charge < -0.3 is 25.6 Å². The lowest BCUT2D eigenvalue weighted by atomic mass is 10.00. The molecule has 4 atom stereocenters. The smallest absolute Gasteiger partial charge is 0.237 e. The number of piperazine rings is 1. The molecule has 214 valence electrons. The third-order valence-corrected chi connectivity index (χ3v) is 8.13. The zero-order valence-electron chi connectivity index (χ0n) is 23.5. The van der Waals surface area contributed by atoms with Gasteiger partial charge in [-0.1, -0.05) is 48.3 Å². The molecule has 0 aliphatic carbocycles. The third kappa shape index (κ3) is 8.08. The first-order valence-electron chi connectivity index (χ1n) is 13.4. The van der Waals surface area contributed by atoms with E-state index in [4.69, 9.17) is 33.7 Å². The fourth-order valence-corrected chi connectivity index (χ4v) is 5.30. The van der Waals surface area contributed by atoms with E-state index in [1.165, 1.54) is 0 Å². The van der Waals surface area contributed by atoms with Crippen LogP contribution < -0.4 is 16.0 Å². The summed E-state index contributed by atoms with van der Waals surface area (Å²) < 4.78 is 5.50. The lowest BCUT2D eigenvalue weighted by molar-refractivity contribution is -0.132. The van der Waals surface area contributed by atoms with Crippen LogP contribution in [-0.4, -0.2) is 81.1 Å². The number of nitrogens with zero attached hydrogens (tertiary/aromatic N) is 3. The van der Waals surface area contributed by atoms with Crippen molar-refractivity contribution in [2.24, 2.45) is 5.73 Å². The highest BCUT2D eigenvalue weighted by atomic mass is 35.5. The molecule has 0 aromatic heterocycles. The summed E-state index contributed by atoms with van der Waals surface area (Å²) in [5.74, 6) is -0.206. The molecule has 1 saturated heterocycles. The number of carbonyl (C=O) groups is 2. The molecule has 0 spiro atoms. The summed E-state index contributed by atoms with van der Waals surface area (Å²) in [6.07, 6.45) is 0.935. The molecular formula is C29H41Cl2N5O3. The summed E-state index contributed by atoms with van der Waals surface area (Å²) in [4.78, 5) is 32.2. The Morgan fingerprint density at radius 1 is 1.08 bits per heavy atom. The summed E-state index contributed by atoms with van der Waals surface area (Å²) in [5, 5.41) is 3.94. The van der Waals surface area contributed by atoms with Gasteiger partial charge in [0, 0.05) is 49.0 Å². The van der Waals surface area contributed by atoms with Gasteiger partial charge in [0.15, 0.2) is 0 Å². The Balaban J connectivity index is 1.65. The fourth-order valence-electron chi connectivity index (χ4n) is 4.76. The number of ether oxygens (including phenoxy) is 1. The first kappa shape index (κ1) is 31.2. The molecule has 1 aliphatic rings. The van der Waals surface area contributed by atoms with Gasteiger partial charge in [0.25, 0.3) is 0 Å². The highest BCUT2D eigenvalue weighted by molar-refractivity contribution is 6.35. The summed E-state index contributed by atoms with van der Waals surface area (Å²) in [6, 6.07) is 12.3. The van der Waals surface area contributed by atoms with Crippen LogP contribution in [0.1, 0.15) is 49.9 Å². The molecule has 3 N–H and O–H groups in total. The quantitative estimate of drug-likeness (QED) is 0.414. The number of halogens is 2. The van der Waals surface area contributed by atoms with E-state index in [2.05, 4.69) is 41.4 Å². The Hall–Kier alpha value is -2.36. The first-order chi connectivity index (χ1) is 18.5. The number of likely N-dealkylation sites (N-methyl/N-ethyl adjacent to an activating group) is 1. The molecule has 10 heteroatoms. The van der Waals surface area contributed by atoms with E-state index in [1.807, 2.05) is 30.8 Å². The zero-order chi connectivity index (χ0) is 28.7. The predicted molar refractivity (Wildman–Crippen MR) is 158 cm³/mol. The van der Waals surface area contributed by atoms with E-state index in [0.29, 0.717) is 41.8 Å². The third-order valence-electron chi connectivity index (χ3n) is 7.57. The molecular weight excluding hydrogens is 537 g/mol. The van der Waals surface area contributed by atoms with Gasteiger partial charge in [-0.15, -0.1) is 0 Å². The highest BCUT2D eigenvalue weighted by Gasteiger charge is 2.28. The average Bonchev–Trinajstić information content (AvgIpc) is 2.93. The fraction of sp³-hybridized carbons (Fsp3) is 0.517. The SMILES string of the molecule is CCC(OC)C(N)c1ccc(N2CCN(C(=O)CC(NC(=O)C(C)N(C)C)c3ccc(Cl)cc3Cl)CC2)cc1. The van der Waals surface area contributed by atoms with Crippen LogP contribution in [0.2, 0.25) is 10.0 Å². The van der Waals surface area contributed by atoms with Gasteiger partial charge in [-0.05, 0) is 62.8 Å². The topological polar surface area (TPSA) is 91.1 Å². The summed E-state index contributed by atoms with van der Waals surface area (Å²) >= 11 is 12.6. The number of carbonyl (C=O) groups excluding carboxylic acids is 2. The van der Waals surface area contributed by atoms with Crippen LogP contribution in [0.4, 0.5) is 5.69 Å². The number of amides is 2. The van der Waals surface area contributed by atoms with Crippen molar-refractivity contribution in [1.82, 2.24) is 15.1 Å². The molecule has 0 saturated carbocycles. The van der Waals surface area contributed by atoms with Crippen molar-refractivity contribution in [3.8, 4) is 0 Å². The van der Waals surface area contributed by atoms with E-state index in [0.717, 1.165) is 17.7 Å². The molecule has 0 radical (unpaired) electrons. The molecule has 1 heterocycles. The van der Waals surface area contributed by atoms with Crippen molar-refractivity contribution >= 4 is 40.7 Å². The maximum absolute atomic E-state index is 13.4. The van der Waals surface area contributed by atoms with Crippen LogP contribution in [0.3, 0.4) is 0 Å². The number of hydrogen-bond donors (Lipinski definition) is 2. The lowest BCUT2D eigenvalue weighted by Gasteiger charge is -2.37. The van der Waals surface area contributed by atoms with E-state index < -0.39 is 6.04 Å². The Labute approximate surface area is 242 Å². The number of benzene rings is 2. The zero-order valence-corrected chi connectivity index (χ0v) is 25.0. The molecule has 0 bridgehead atoms. The summed E-state index contributed by atoms with van der Waals surface area (Å²) in [5.41, 5.74) is 9.18. The van der Waals surface area contributed by atoms with Crippen molar-refractivity contribution in [3.05, 3.63) is 63.6 Å². The van der Waals surface area contributed by atoms with Gasteiger partial charge >= 0.3 is 0 Å².